The van der Waals surface area contributed by atoms with Crippen LogP contribution in [0.2, 0.25) is 0 Å². The summed E-state index contributed by atoms with van der Waals surface area (Å²) in [6.45, 7) is 4.69. The number of carbonyl (C=O) groups is 1. The van der Waals surface area contributed by atoms with E-state index in [1.54, 1.807) is 46.8 Å². The first-order valence-corrected chi connectivity index (χ1v) is 11.8. The fraction of sp³-hybridized carbons (Fsp3) is 0.185. The van der Waals surface area contributed by atoms with Crippen LogP contribution in [0.25, 0.3) is 11.2 Å². The van der Waals surface area contributed by atoms with Crippen LogP contribution in [0.4, 0.5) is 14.5 Å². The summed E-state index contributed by atoms with van der Waals surface area (Å²) in [5.41, 5.74) is -1.15. The number of imidazole rings is 1. The number of nitrogens with zero attached hydrogens (tertiary/aromatic N) is 5. The van der Waals surface area contributed by atoms with Crippen LogP contribution in [-0.4, -0.2) is 35.3 Å². The quantitative estimate of drug-likeness (QED) is 0.342. The maximum absolute atomic E-state index is 15.1. The molecule has 0 unspecified atom stereocenters. The van der Waals surface area contributed by atoms with E-state index in [0.717, 1.165) is 0 Å². The number of hydrogen-bond donors (Lipinski definition) is 2. The van der Waals surface area contributed by atoms with Crippen molar-refractivity contribution in [1.82, 2.24) is 24.3 Å². The topological polar surface area (TPSA) is 97.9 Å². The molecule has 0 saturated heterocycles. The molecule has 8 nitrogen and oxygen atoms in total. The minimum Gasteiger partial charge on any atom is -0.373 e. The molecule has 3 aromatic heterocycles. The first kappa shape index (κ1) is 24.3. The number of fused-ring (bicyclic) bond motifs is 1. The lowest BCUT2D eigenvalue weighted by atomic mass is 9.84. The molecule has 2 N–H and O–H groups in total. The molecular weight excluding hydrogens is 478 g/mol. The van der Waals surface area contributed by atoms with Gasteiger partial charge >= 0.3 is 0 Å². The standard InChI is InChI=1S/C27H24F2N6O2/c1-3-34-16-18(15-31-34)32-25(36)17-13-23-24(30-14-17)33-26(35(23)4-2)27(37,19-9-5-7-11-21(19)28)20-10-6-8-12-22(20)29/h5-16,37H,3-4H2,1-2H3,(H,32,36). The fourth-order valence-corrected chi connectivity index (χ4v) is 4.43. The second kappa shape index (κ2) is 9.55. The monoisotopic (exact) mass is 502 g/mol. The van der Waals surface area contributed by atoms with Gasteiger partial charge in [-0.05, 0) is 32.0 Å². The van der Waals surface area contributed by atoms with Gasteiger partial charge in [-0.1, -0.05) is 36.4 Å². The van der Waals surface area contributed by atoms with Gasteiger partial charge in [0.15, 0.2) is 17.1 Å². The first-order valence-electron chi connectivity index (χ1n) is 11.8. The second-order valence-corrected chi connectivity index (χ2v) is 8.46. The molecule has 37 heavy (non-hydrogen) atoms. The number of pyridine rings is 1. The van der Waals surface area contributed by atoms with E-state index in [-0.39, 0.29) is 34.7 Å². The lowest BCUT2D eigenvalue weighted by Gasteiger charge is -2.30. The molecule has 1 amide bonds. The van der Waals surface area contributed by atoms with E-state index >= 15 is 8.78 Å². The Bertz CT molecular complexity index is 1560. The number of anilines is 1. The van der Waals surface area contributed by atoms with Crippen molar-refractivity contribution >= 4 is 22.8 Å². The van der Waals surface area contributed by atoms with E-state index in [1.807, 2.05) is 6.92 Å². The average molecular weight is 503 g/mol. The van der Waals surface area contributed by atoms with Crippen molar-refractivity contribution in [2.45, 2.75) is 32.5 Å². The van der Waals surface area contributed by atoms with Crippen molar-refractivity contribution in [2.24, 2.45) is 0 Å². The van der Waals surface area contributed by atoms with E-state index in [2.05, 4.69) is 20.4 Å². The summed E-state index contributed by atoms with van der Waals surface area (Å²) in [4.78, 5) is 21.8. The predicted octanol–water partition coefficient (Wildman–Crippen LogP) is 4.48. The van der Waals surface area contributed by atoms with Crippen molar-refractivity contribution in [3.05, 3.63) is 107 Å². The van der Waals surface area contributed by atoms with Crippen molar-refractivity contribution < 1.29 is 18.7 Å². The number of carbonyl (C=O) groups excluding carboxylic acids is 1. The van der Waals surface area contributed by atoms with Gasteiger partial charge in [0.1, 0.15) is 11.6 Å². The maximum atomic E-state index is 15.1. The number of aryl methyl sites for hydroxylation is 2. The Morgan fingerprint density at radius 2 is 1.65 bits per heavy atom. The highest BCUT2D eigenvalue weighted by Gasteiger charge is 2.43. The Balaban J connectivity index is 1.66. The highest BCUT2D eigenvalue weighted by Crippen LogP contribution is 2.39. The lowest BCUT2D eigenvalue weighted by molar-refractivity contribution is 0.102. The summed E-state index contributed by atoms with van der Waals surface area (Å²) in [6.07, 6.45) is 4.62. The zero-order chi connectivity index (χ0) is 26.2. The zero-order valence-corrected chi connectivity index (χ0v) is 20.2. The molecule has 188 valence electrons. The van der Waals surface area contributed by atoms with E-state index < -0.39 is 23.1 Å². The van der Waals surface area contributed by atoms with Crippen molar-refractivity contribution in [1.29, 1.82) is 0 Å². The van der Waals surface area contributed by atoms with Crippen molar-refractivity contribution in [3.8, 4) is 0 Å². The number of hydrogen-bond acceptors (Lipinski definition) is 5. The van der Waals surface area contributed by atoms with E-state index in [1.165, 1.54) is 42.6 Å². The molecule has 2 aromatic carbocycles. The summed E-state index contributed by atoms with van der Waals surface area (Å²) in [7, 11) is 0. The van der Waals surface area contributed by atoms with Crippen LogP contribution in [0.15, 0.2) is 73.2 Å². The van der Waals surface area contributed by atoms with Crippen LogP contribution < -0.4 is 5.32 Å². The SMILES string of the molecule is CCn1cc(NC(=O)c2cnc3nc(C(O)(c4ccccc4F)c4ccccc4F)n(CC)c3c2)cn1. The second-order valence-electron chi connectivity index (χ2n) is 8.46. The van der Waals surface area contributed by atoms with Crippen LogP contribution in [0.1, 0.15) is 41.2 Å². The molecule has 0 bridgehead atoms. The van der Waals surface area contributed by atoms with Gasteiger partial charge < -0.3 is 15.0 Å². The van der Waals surface area contributed by atoms with Crippen LogP contribution >= 0.6 is 0 Å². The molecule has 5 rings (SSSR count). The smallest absolute Gasteiger partial charge is 0.257 e. The molecule has 0 saturated carbocycles. The minimum atomic E-state index is -2.27. The summed E-state index contributed by atoms with van der Waals surface area (Å²) in [5, 5.41) is 19.0. The largest absolute Gasteiger partial charge is 0.373 e. The molecule has 0 atom stereocenters. The van der Waals surface area contributed by atoms with Gasteiger partial charge in [-0.3, -0.25) is 9.48 Å². The van der Waals surface area contributed by atoms with Crippen molar-refractivity contribution in [3.63, 3.8) is 0 Å². The summed E-state index contributed by atoms with van der Waals surface area (Å²) in [5.74, 6) is -1.87. The fourth-order valence-electron chi connectivity index (χ4n) is 4.43. The Morgan fingerprint density at radius 3 is 2.22 bits per heavy atom. The molecule has 0 aliphatic carbocycles. The summed E-state index contributed by atoms with van der Waals surface area (Å²) in [6, 6.07) is 12.9. The summed E-state index contributed by atoms with van der Waals surface area (Å²) >= 11 is 0. The Hall–Kier alpha value is -4.44. The van der Waals surface area contributed by atoms with Gasteiger partial charge in [-0.15, -0.1) is 0 Å². The van der Waals surface area contributed by atoms with Crippen LogP contribution in [0.3, 0.4) is 0 Å². The third-order valence-electron chi connectivity index (χ3n) is 6.25. The van der Waals surface area contributed by atoms with Gasteiger partial charge in [0.2, 0.25) is 0 Å². The highest BCUT2D eigenvalue weighted by molar-refractivity contribution is 6.05. The van der Waals surface area contributed by atoms with Gasteiger partial charge in [-0.25, -0.2) is 18.7 Å². The molecule has 0 aliphatic rings. The minimum absolute atomic E-state index is 0.0190. The predicted molar refractivity (Wildman–Crippen MR) is 134 cm³/mol. The summed E-state index contributed by atoms with van der Waals surface area (Å²) < 4.78 is 33.5. The van der Waals surface area contributed by atoms with Crippen molar-refractivity contribution in [2.75, 3.05) is 5.32 Å². The maximum Gasteiger partial charge on any atom is 0.257 e. The van der Waals surface area contributed by atoms with E-state index in [0.29, 0.717) is 17.7 Å². The number of amides is 1. The molecule has 0 radical (unpaired) electrons. The van der Waals surface area contributed by atoms with Gasteiger partial charge in [0, 0.05) is 36.6 Å². The molecule has 0 aliphatic heterocycles. The molecule has 0 spiro atoms. The number of aromatic nitrogens is 5. The number of nitrogens with one attached hydrogen (secondary N) is 1. The number of benzene rings is 2. The Morgan fingerprint density at radius 1 is 1.00 bits per heavy atom. The van der Waals surface area contributed by atoms with Crippen LogP contribution in [-0.2, 0) is 18.7 Å². The van der Waals surface area contributed by atoms with Gasteiger partial charge in [-0.2, -0.15) is 5.10 Å². The number of aliphatic hydroxyl groups is 1. The number of rotatable bonds is 7. The third kappa shape index (κ3) is 4.15. The van der Waals surface area contributed by atoms with Gasteiger partial charge in [0.05, 0.1) is 23.0 Å². The molecule has 5 aromatic rings. The van der Waals surface area contributed by atoms with Crippen LogP contribution in [0, 0.1) is 11.6 Å². The lowest BCUT2D eigenvalue weighted by Crippen LogP contribution is -2.34. The molecule has 3 heterocycles. The Kier molecular flexibility index (Phi) is 6.26. The normalized spacial score (nSPS) is 11.7. The Labute approximate surface area is 211 Å². The van der Waals surface area contributed by atoms with Gasteiger partial charge in [0.25, 0.3) is 5.91 Å². The molecule has 10 heteroatoms. The first-order chi connectivity index (χ1) is 17.9. The highest BCUT2D eigenvalue weighted by atomic mass is 19.1. The average Bonchev–Trinajstić information content (AvgIpc) is 3.52. The van der Waals surface area contributed by atoms with E-state index in [9.17, 15) is 9.90 Å². The third-order valence-corrected chi connectivity index (χ3v) is 6.25. The molecule has 0 fully saturated rings. The number of halogens is 2. The van der Waals surface area contributed by atoms with E-state index in [4.69, 9.17) is 0 Å². The van der Waals surface area contributed by atoms with Crippen LogP contribution in [0.5, 0.6) is 0 Å². The molecular formula is C27H24F2N6O2. The zero-order valence-electron chi connectivity index (χ0n) is 20.2.